The minimum absolute atomic E-state index is 0.0268. The molecule has 0 saturated carbocycles. The van der Waals surface area contributed by atoms with Gasteiger partial charge in [0.15, 0.2) is 0 Å². The lowest BCUT2D eigenvalue weighted by molar-refractivity contribution is 0.194. The van der Waals surface area contributed by atoms with Crippen LogP contribution in [0.15, 0.2) is 29.6 Å². The van der Waals surface area contributed by atoms with Crippen LogP contribution in [0, 0.1) is 0 Å². The fraction of sp³-hybridized carbons (Fsp3) is 0.474. The standard InChI is InChI=1S/C19H25ClN4OS/c1-19(2,3)17-22-15(13-26-17)12-21-18(25)24-9-7-23(8-10-24)16-6-4-5-14(20)11-16/h4-6,11,13H,7-10,12H2,1-3H3,(H,21,25). The van der Waals surface area contributed by atoms with E-state index in [0.717, 1.165) is 34.5 Å². The molecule has 0 unspecified atom stereocenters. The van der Waals surface area contributed by atoms with Crippen molar-refractivity contribution in [2.75, 3.05) is 31.1 Å². The number of amides is 2. The van der Waals surface area contributed by atoms with E-state index in [1.165, 1.54) is 0 Å². The molecule has 1 fully saturated rings. The monoisotopic (exact) mass is 392 g/mol. The van der Waals surface area contributed by atoms with E-state index in [2.05, 4.69) is 42.0 Å². The van der Waals surface area contributed by atoms with Gasteiger partial charge in [-0.25, -0.2) is 9.78 Å². The quantitative estimate of drug-likeness (QED) is 0.854. The predicted molar refractivity (Wildman–Crippen MR) is 108 cm³/mol. The second-order valence-corrected chi connectivity index (χ2v) is 8.80. The third-order valence-electron chi connectivity index (χ3n) is 4.35. The van der Waals surface area contributed by atoms with Gasteiger partial charge >= 0.3 is 6.03 Å². The van der Waals surface area contributed by atoms with E-state index in [-0.39, 0.29) is 11.4 Å². The van der Waals surface area contributed by atoms with E-state index in [1.54, 1.807) is 11.3 Å². The Morgan fingerprint density at radius 3 is 2.62 bits per heavy atom. The molecule has 2 aromatic rings. The summed E-state index contributed by atoms with van der Waals surface area (Å²) >= 11 is 7.72. The van der Waals surface area contributed by atoms with Crippen molar-refractivity contribution < 1.29 is 4.79 Å². The average Bonchev–Trinajstić information content (AvgIpc) is 3.09. The van der Waals surface area contributed by atoms with Crippen molar-refractivity contribution >= 4 is 34.7 Å². The second kappa shape index (κ2) is 7.84. The van der Waals surface area contributed by atoms with E-state index in [0.29, 0.717) is 19.6 Å². The molecule has 2 amide bonds. The number of thiazole rings is 1. The number of hydrogen-bond donors (Lipinski definition) is 1. The largest absolute Gasteiger partial charge is 0.368 e. The number of carbonyl (C=O) groups excluding carboxylic acids is 1. The van der Waals surface area contributed by atoms with Gasteiger partial charge in [-0.1, -0.05) is 38.4 Å². The first-order chi connectivity index (χ1) is 12.3. The molecule has 0 aliphatic carbocycles. The number of carbonyl (C=O) groups is 1. The molecule has 1 N–H and O–H groups in total. The van der Waals surface area contributed by atoms with Gasteiger partial charge in [0.2, 0.25) is 0 Å². The summed E-state index contributed by atoms with van der Waals surface area (Å²) in [4.78, 5) is 21.2. The number of hydrogen-bond acceptors (Lipinski definition) is 4. The Balaban J connectivity index is 1.49. The van der Waals surface area contributed by atoms with Crippen LogP contribution in [0.2, 0.25) is 5.02 Å². The van der Waals surface area contributed by atoms with Crippen LogP contribution in [-0.2, 0) is 12.0 Å². The lowest BCUT2D eigenvalue weighted by Crippen LogP contribution is -2.51. The molecule has 1 aliphatic heterocycles. The fourth-order valence-corrected chi connectivity index (χ4v) is 3.94. The van der Waals surface area contributed by atoms with Crippen molar-refractivity contribution in [2.24, 2.45) is 0 Å². The highest BCUT2D eigenvalue weighted by atomic mass is 35.5. The van der Waals surface area contributed by atoms with Crippen molar-refractivity contribution in [1.82, 2.24) is 15.2 Å². The average molecular weight is 393 g/mol. The molecule has 3 rings (SSSR count). The molecule has 2 heterocycles. The van der Waals surface area contributed by atoms with E-state index in [4.69, 9.17) is 11.6 Å². The summed E-state index contributed by atoms with van der Waals surface area (Å²) in [6, 6.07) is 7.82. The highest BCUT2D eigenvalue weighted by Crippen LogP contribution is 2.25. The second-order valence-electron chi connectivity index (χ2n) is 7.51. The first-order valence-electron chi connectivity index (χ1n) is 8.81. The molecule has 140 valence electrons. The smallest absolute Gasteiger partial charge is 0.317 e. The molecule has 1 aromatic carbocycles. The van der Waals surface area contributed by atoms with Gasteiger partial charge in [-0.15, -0.1) is 11.3 Å². The molecule has 0 radical (unpaired) electrons. The number of rotatable bonds is 3. The molecule has 1 saturated heterocycles. The van der Waals surface area contributed by atoms with Gasteiger partial charge in [-0.05, 0) is 18.2 Å². The number of anilines is 1. The molecule has 0 bridgehead atoms. The minimum atomic E-state index is -0.0268. The molecule has 1 aromatic heterocycles. The van der Waals surface area contributed by atoms with Crippen LogP contribution in [0.25, 0.3) is 0 Å². The predicted octanol–water partition coefficient (Wildman–Crippen LogP) is 4.13. The Labute approximate surface area is 164 Å². The van der Waals surface area contributed by atoms with E-state index in [9.17, 15) is 4.79 Å². The van der Waals surface area contributed by atoms with Gasteiger partial charge in [-0.3, -0.25) is 0 Å². The summed E-state index contributed by atoms with van der Waals surface area (Å²) in [6.07, 6.45) is 0. The first-order valence-corrected chi connectivity index (χ1v) is 10.1. The third kappa shape index (κ3) is 4.68. The lowest BCUT2D eigenvalue weighted by atomic mass is 9.98. The van der Waals surface area contributed by atoms with Gasteiger partial charge in [0, 0.05) is 47.7 Å². The number of halogens is 1. The number of aromatic nitrogens is 1. The fourth-order valence-electron chi connectivity index (χ4n) is 2.85. The van der Waals surface area contributed by atoms with Gasteiger partial charge in [-0.2, -0.15) is 0 Å². The molecule has 5 nitrogen and oxygen atoms in total. The summed E-state index contributed by atoms with van der Waals surface area (Å²) in [6.45, 7) is 9.91. The molecule has 1 aliphatic rings. The number of nitrogens with one attached hydrogen (secondary N) is 1. The SMILES string of the molecule is CC(C)(C)c1nc(CNC(=O)N2CCN(c3cccc(Cl)c3)CC2)cs1. The summed E-state index contributed by atoms with van der Waals surface area (Å²) in [5, 5.41) is 6.85. The number of piperazine rings is 1. The molecule has 0 atom stereocenters. The summed E-state index contributed by atoms with van der Waals surface area (Å²) < 4.78 is 0. The van der Waals surface area contributed by atoms with Crippen molar-refractivity contribution in [2.45, 2.75) is 32.7 Å². The van der Waals surface area contributed by atoms with Crippen LogP contribution < -0.4 is 10.2 Å². The zero-order valence-corrected chi connectivity index (χ0v) is 17.0. The highest BCUT2D eigenvalue weighted by molar-refractivity contribution is 7.09. The van der Waals surface area contributed by atoms with E-state index < -0.39 is 0 Å². The summed E-state index contributed by atoms with van der Waals surface area (Å²) in [5.41, 5.74) is 2.07. The normalized spacial score (nSPS) is 15.2. The summed E-state index contributed by atoms with van der Waals surface area (Å²) in [5.74, 6) is 0. The van der Waals surface area contributed by atoms with Crippen LogP contribution in [0.4, 0.5) is 10.5 Å². The van der Waals surface area contributed by atoms with Crippen LogP contribution in [0.1, 0.15) is 31.5 Å². The van der Waals surface area contributed by atoms with Crippen LogP contribution >= 0.6 is 22.9 Å². The molecular weight excluding hydrogens is 368 g/mol. The topological polar surface area (TPSA) is 48.5 Å². The minimum Gasteiger partial charge on any atom is -0.368 e. The maximum Gasteiger partial charge on any atom is 0.317 e. The Bertz CT molecular complexity index is 763. The van der Waals surface area contributed by atoms with Crippen molar-refractivity contribution in [3.63, 3.8) is 0 Å². The number of nitrogens with zero attached hydrogens (tertiary/aromatic N) is 3. The first kappa shape index (κ1) is 19.0. The Morgan fingerprint density at radius 1 is 1.27 bits per heavy atom. The van der Waals surface area contributed by atoms with Gasteiger partial charge in [0.1, 0.15) is 0 Å². The molecule has 7 heteroatoms. The van der Waals surface area contributed by atoms with E-state index in [1.807, 2.05) is 28.5 Å². The van der Waals surface area contributed by atoms with Gasteiger partial charge in [0.25, 0.3) is 0 Å². The van der Waals surface area contributed by atoms with Gasteiger partial charge < -0.3 is 15.1 Å². The van der Waals surface area contributed by atoms with E-state index >= 15 is 0 Å². The molecular formula is C19H25ClN4OS. The maximum atomic E-state index is 12.4. The third-order valence-corrected chi connectivity index (χ3v) is 5.91. The zero-order chi connectivity index (χ0) is 18.7. The Hall–Kier alpha value is -1.79. The van der Waals surface area contributed by atoms with Gasteiger partial charge in [0.05, 0.1) is 17.2 Å². The molecule has 0 spiro atoms. The Kier molecular flexibility index (Phi) is 5.73. The highest BCUT2D eigenvalue weighted by Gasteiger charge is 2.22. The van der Waals surface area contributed by atoms with Crippen LogP contribution in [-0.4, -0.2) is 42.1 Å². The van der Waals surface area contributed by atoms with Crippen LogP contribution in [0.5, 0.6) is 0 Å². The number of urea groups is 1. The zero-order valence-electron chi connectivity index (χ0n) is 15.5. The summed E-state index contributed by atoms with van der Waals surface area (Å²) in [7, 11) is 0. The van der Waals surface area contributed by atoms with Crippen LogP contribution in [0.3, 0.4) is 0 Å². The van der Waals surface area contributed by atoms with Crippen molar-refractivity contribution in [3.8, 4) is 0 Å². The Morgan fingerprint density at radius 2 is 2.00 bits per heavy atom. The van der Waals surface area contributed by atoms with Crippen molar-refractivity contribution in [3.05, 3.63) is 45.4 Å². The number of benzene rings is 1. The molecule has 26 heavy (non-hydrogen) atoms. The lowest BCUT2D eigenvalue weighted by Gasteiger charge is -2.36. The maximum absolute atomic E-state index is 12.4. The van der Waals surface area contributed by atoms with Crippen molar-refractivity contribution in [1.29, 1.82) is 0 Å².